The monoisotopic (exact) mass is 182 g/mol. The molecule has 0 radical (unpaired) electrons. The van der Waals surface area contributed by atoms with Crippen LogP contribution in [0, 0.1) is 0 Å². The fourth-order valence-electron chi connectivity index (χ4n) is 0.323. The maximum atomic E-state index is 10.6. The largest absolute Gasteiger partial charge is 0.304 e. The second kappa shape index (κ2) is 1.96. The van der Waals surface area contributed by atoms with E-state index in [0.717, 1.165) is 0 Å². The van der Waals surface area contributed by atoms with Gasteiger partial charge in [0.25, 0.3) is 9.05 Å². The summed E-state index contributed by atoms with van der Waals surface area (Å²) >= 11 is 0. The summed E-state index contributed by atoms with van der Waals surface area (Å²) < 4.78 is 21.2. The molecular weight excluding hydrogens is 180 g/mol. The third-order valence-corrected chi connectivity index (χ3v) is 2.93. The van der Waals surface area contributed by atoms with Crippen LogP contribution in [0.4, 0.5) is 0 Å². The van der Waals surface area contributed by atoms with E-state index in [1.54, 1.807) is 0 Å². The second-order valence-corrected chi connectivity index (χ2v) is 4.62. The zero-order chi connectivity index (χ0) is 7.83. The van der Waals surface area contributed by atoms with E-state index >= 15 is 0 Å². The first-order chi connectivity index (χ1) is 4.46. The van der Waals surface area contributed by atoms with Gasteiger partial charge in [0.2, 0.25) is 0 Å². The Morgan fingerprint density at radius 3 is 1.90 bits per heavy atom. The van der Waals surface area contributed by atoms with E-state index < -0.39 is 14.0 Å². The van der Waals surface area contributed by atoms with Crippen molar-refractivity contribution < 1.29 is 8.42 Å². The predicted octanol–water partition coefficient (Wildman–Crippen LogP) is 1.06. The third kappa shape index (κ3) is 1.01. The van der Waals surface area contributed by atoms with Gasteiger partial charge >= 0.3 is 4.99 Å². The molecule has 0 aliphatic carbocycles. The Hall–Kier alpha value is -0.560. The molecule has 0 unspecified atom stereocenters. The van der Waals surface area contributed by atoms with Crippen LogP contribution in [0.15, 0.2) is 20.7 Å². The summed E-state index contributed by atoms with van der Waals surface area (Å²) in [7, 11) is 1.09. The quantitative estimate of drug-likeness (QED) is 0.568. The summed E-state index contributed by atoms with van der Waals surface area (Å²) in [5.41, 5.74) is 0. The minimum absolute atomic E-state index is 1.20. The van der Waals surface area contributed by atoms with Gasteiger partial charge in [0.15, 0.2) is 0 Å². The summed E-state index contributed by atoms with van der Waals surface area (Å²) in [4.78, 5) is -1.71. The molecule has 0 saturated heterocycles. The van der Waals surface area contributed by atoms with Crippen LogP contribution < -0.4 is 0 Å². The second-order valence-electron chi connectivity index (χ2n) is 1.75. The highest BCUT2D eigenvalue weighted by Gasteiger charge is 2.41. The number of rotatable bonds is 1. The highest BCUT2D eigenvalue weighted by Crippen LogP contribution is 2.28. The lowest BCUT2D eigenvalue weighted by Gasteiger charge is -2.06. The Morgan fingerprint density at radius 2 is 1.70 bits per heavy atom. The first kappa shape index (κ1) is 7.55. The van der Waals surface area contributed by atoms with Crippen molar-refractivity contribution in [3.05, 3.63) is 0 Å². The number of hydrogen-bond donors (Lipinski definition) is 0. The maximum Gasteiger partial charge on any atom is 0.304 e. The molecule has 1 rings (SSSR count). The van der Waals surface area contributed by atoms with Gasteiger partial charge in [-0.15, -0.1) is 10.2 Å². The van der Waals surface area contributed by atoms with E-state index in [1.807, 2.05) is 0 Å². The van der Waals surface area contributed by atoms with Crippen LogP contribution in [-0.2, 0) is 9.05 Å². The van der Waals surface area contributed by atoms with E-state index in [-0.39, 0.29) is 0 Å². The molecule has 0 aromatic heterocycles. The normalized spacial score (nSPS) is 21.8. The highest BCUT2D eigenvalue weighted by atomic mass is 35.7. The summed E-state index contributed by atoms with van der Waals surface area (Å²) in [6.07, 6.45) is 0. The molecular formula is C2H3ClN4O2S. The molecule has 0 amide bonds. The van der Waals surface area contributed by atoms with Crippen molar-refractivity contribution in [3.63, 3.8) is 0 Å². The van der Waals surface area contributed by atoms with Crippen LogP contribution in [0.2, 0.25) is 0 Å². The maximum absolute atomic E-state index is 10.6. The SMILES string of the molecule is CC1(S(=O)(=O)Cl)N=NN=N1. The van der Waals surface area contributed by atoms with Gasteiger partial charge in [-0.2, -0.15) is 0 Å². The van der Waals surface area contributed by atoms with Crippen LogP contribution in [0.5, 0.6) is 0 Å². The first-order valence-corrected chi connectivity index (χ1v) is 4.55. The summed E-state index contributed by atoms with van der Waals surface area (Å²) in [5, 5.41) is 12.5. The van der Waals surface area contributed by atoms with E-state index in [4.69, 9.17) is 10.7 Å². The molecule has 0 spiro atoms. The number of nitrogens with zero attached hydrogens (tertiary/aromatic N) is 4. The standard InChI is InChI=1S/C2H3ClN4O2S/c1-2(10(3,8)9)4-6-7-5-2/h1H3. The lowest BCUT2D eigenvalue weighted by Crippen LogP contribution is -2.24. The smallest absolute Gasteiger partial charge is 0.207 e. The van der Waals surface area contributed by atoms with E-state index in [0.29, 0.717) is 0 Å². The summed E-state index contributed by atoms with van der Waals surface area (Å²) in [5.74, 6) is 0. The molecule has 0 saturated carbocycles. The Kier molecular flexibility index (Phi) is 1.48. The Balaban J connectivity index is 3.14. The van der Waals surface area contributed by atoms with Gasteiger partial charge in [-0.25, -0.2) is 8.42 Å². The van der Waals surface area contributed by atoms with Gasteiger partial charge in [0.1, 0.15) is 0 Å². The molecule has 1 aliphatic heterocycles. The van der Waals surface area contributed by atoms with Gasteiger partial charge in [0.05, 0.1) is 0 Å². The molecule has 1 heterocycles. The van der Waals surface area contributed by atoms with Crippen LogP contribution in [0.25, 0.3) is 0 Å². The van der Waals surface area contributed by atoms with E-state index in [2.05, 4.69) is 20.7 Å². The molecule has 10 heavy (non-hydrogen) atoms. The van der Waals surface area contributed by atoms with Crippen molar-refractivity contribution in [3.8, 4) is 0 Å². The van der Waals surface area contributed by atoms with E-state index in [9.17, 15) is 8.42 Å². The van der Waals surface area contributed by atoms with Gasteiger partial charge < -0.3 is 0 Å². The van der Waals surface area contributed by atoms with Gasteiger partial charge in [0, 0.05) is 17.6 Å². The molecule has 8 heteroatoms. The fraction of sp³-hybridized carbons (Fsp3) is 1.00. The minimum Gasteiger partial charge on any atom is -0.207 e. The Labute approximate surface area is 61.4 Å². The topological polar surface area (TPSA) is 83.6 Å². The molecule has 0 atom stereocenters. The molecule has 1 aliphatic rings. The van der Waals surface area contributed by atoms with Crippen LogP contribution in [0.3, 0.4) is 0 Å². The van der Waals surface area contributed by atoms with Crippen molar-refractivity contribution >= 4 is 19.7 Å². The summed E-state index contributed by atoms with van der Waals surface area (Å²) in [6.45, 7) is 1.20. The van der Waals surface area contributed by atoms with Crippen LogP contribution in [-0.4, -0.2) is 13.4 Å². The number of hydrogen-bond acceptors (Lipinski definition) is 6. The van der Waals surface area contributed by atoms with Crippen LogP contribution >= 0.6 is 10.7 Å². The van der Waals surface area contributed by atoms with Gasteiger partial charge in [-0.1, -0.05) is 0 Å². The predicted molar refractivity (Wildman–Crippen MR) is 32.9 cm³/mol. The zero-order valence-corrected chi connectivity index (χ0v) is 6.46. The molecule has 0 N–H and O–H groups in total. The lowest BCUT2D eigenvalue weighted by atomic mass is 10.6. The molecule has 0 aromatic carbocycles. The molecule has 0 aromatic rings. The molecule has 0 fully saturated rings. The van der Waals surface area contributed by atoms with Crippen molar-refractivity contribution in [2.45, 2.75) is 11.9 Å². The Bertz CT molecular complexity index is 280. The number of halogens is 1. The van der Waals surface area contributed by atoms with E-state index in [1.165, 1.54) is 6.92 Å². The first-order valence-electron chi connectivity index (χ1n) is 2.24. The average Bonchev–Trinajstić information content (AvgIpc) is 2.13. The van der Waals surface area contributed by atoms with Gasteiger partial charge in [-0.05, 0) is 10.4 Å². The minimum atomic E-state index is -3.85. The fourth-order valence-corrected chi connectivity index (χ4v) is 0.777. The average molecular weight is 183 g/mol. The van der Waals surface area contributed by atoms with Gasteiger partial charge in [-0.3, -0.25) is 0 Å². The van der Waals surface area contributed by atoms with Crippen LogP contribution in [0.1, 0.15) is 6.92 Å². The Morgan fingerprint density at radius 1 is 1.30 bits per heavy atom. The third-order valence-electron chi connectivity index (χ3n) is 0.962. The van der Waals surface area contributed by atoms with Crippen molar-refractivity contribution in [2.24, 2.45) is 20.7 Å². The molecule has 6 nitrogen and oxygen atoms in total. The van der Waals surface area contributed by atoms with Crippen molar-refractivity contribution in [2.75, 3.05) is 0 Å². The molecule has 56 valence electrons. The zero-order valence-electron chi connectivity index (χ0n) is 4.89. The van der Waals surface area contributed by atoms with Crippen molar-refractivity contribution in [1.82, 2.24) is 0 Å². The molecule has 0 bridgehead atoms. The highest BCUT2D eigenvalue weighted by molar-refractivity contribution is 8.14. The van der Waals surface area contributed by atoms with Crippen molar-refractivity contribution in [1.29, 1.82) is 0 Å². The lowest BCUT2D eigenvalue weighted by molar-refractivity contribution is 0.558. The summed E-state index contributed by atoms with van der Waals surface area (Å²) in [6, 6.07) is 0.